The number of ether oxygens (including phenoxy) is 4. The van der Waals surface area contributed by atoms with Crippen LogP contribution >= 0.6 is 11.3 Å². The second kappa shape index (κ2) is 12.2. The normalized spacial score (nSPS) is 15.0. The van der Waals surface area contributed by atoms with Crippen LogP contribution in [0.4, 0.5) is 0 Å². The fraction of sp³-hybridized carbons (Fsp3) is 0.345. The van der Waals surface area contributed by atoms with E-state index in [-0.39, 0.29) is 23.5 Å². The maximum Gasteiger partial charge on any atom is 0.338 e. The molecule has 0 fully saturated rings. The predicted octanol–water partition coefficient (Wildman–Crippen LogP) is 3.70. The van der Waals surface area contributed by atoms with Crippen molar-refractivity contribution in [2.45, 2.75) is 39.7 Å². The molecule has 2 aromatic carbocycles. The number of nitrogens with zero attached hydrogens (tertiary/aromatic N) is 2. The molecule has 9 nitrogen and oxygen atoms in total. The van der Waals surface area contributed by atoms with Crippen LogP contribution in [0.15, 0.2) is 57.5 Å². The molecule has 4 rings (SSSR count). The lowest BCUT2D eigenvalue weighted by atomic mass is 9.95. The van der Waals surface area contributed by atoms with Crippen LogP contribution in [0.3, 0.4) is 0 Å². The average molecular weight is 553 g/mol. The second-order valence-corrected chi connectivity index (χ2v) is 9.85. The Bertz CT molecular complexity index is 1590. The predicted molar refractivity (Wildman–Crippen MR) is 148 cm³/mol. The van der Waals surface area contributed by atoms with E-state index in [0.717, 1.165) is 12.8 Å². The molecule has 3 aromatic rings. The van der Waals surface area contributed by atoms with E-state index in [9.17, 15) is 14.7 Å². The number of hydrogen-bond acceptors (Lipinski definition) is 9. The summed E-state index contributed by atoms with van der Waals surface area (Å²) in [5, 5.41) is 9.94. The van der Waals surface area contributed by atoms with Crippen molar-refractivity contribution in [1.29, 1.82) is 0 Å². The molecule has 0 amide bonds. The van der Waals surface area contributed by atoms with Gasteiger partial charge in [-0.1, -0.05) is 36.8 Å². The van der Waals surface area contributed by atoms with Gasteiger partial charge in [0.05, 0.1) is 49.3 Å². The fourth-order valence-electron chi connectivity index (χ4n) is 4.34. The summed E-state index contributed by atoms with van der Waals surface area (Å²) in [6.07, 6.45) is 3.61. The smallest absolute Gasteiger partial charge is 0.338 e. The summed E-state index contributed by atoms with van der Waals surface area (Å²) in [6.45, 7) is 6.29. The monoisotopic (exact) mass is 552 g/mol. The van der Waals surface area contributed by atoms with Gasteiger partial charge in [-0.25, -0.2) is 9.79 Å². The number of unbranched alkanes of at least 4 members (excludes halogenated alkanes) is 1. The number of rotatable bonds is 10. The number of fused-ring (bicyclic) bond motifs is 1. The van der Waals surface area contributed by atoms with Crippen LogP contribution in [-0.2, 0) is 9.53 Å². The lowest BCUT2D eigenvalue weighted by Crippen LogP contribution is -2.40. The first-order valence-corrected chi connectivity index (χ1v) is 13.5. The Kier molecular flexibility index (Phi) is 8.75. The maximum atomic E-state index is 13.8. The third-order valence-corrected chi connectivity index (χ3v) is 7.26. The SMILES string of the molecule is CCCCOc1ccc(C2C(C(=O)OCC)=C(C)N=c3sc(=Cc4ccc(O)c(OC)c4)c(=O)n32)cc1OC. The van der Waals surface area contributed by atoms with Crippen LogP contribution in [0.5, 0.6) is 23.0 Å². The molecule has 1 aromatic heterocycles. The van der Waals surface area contributed by atoms with Crippen LogP contribution in [-0.4, -0.2) is 43.1 Å². The average Bonchev–Trinajstić information content (AvgIpc) is 3.23. The lowest BCUT2D eigenvalue weighted by molar-refractivity contribution is -0.139. The second-order valence-electron chi connectivity index (χ2n) is 8.85. The molecule has 0 aliphatic carbocycles. The number of hydrogen-bond donors (Lipinski definition) is 1. The van der Waals surface area contributed by atoms with Gasteiger partial charge >= 0.3 is 5.97 Å². The number of carbonyl (C=O) groups excluding carboxylic acids is 1. The first kappa shape index (κ1) is 28.0. The number of thiazole rings is 1. The summed E-state index contributed by atoms with van der Waals surface area (Å²) < 4.78 is 24.0. The molecule has 0 saturated carbocycles. The van der Waals surface area contributed by atoms with Crippen molar-refractivity contribution in [2.24, 2.45) is 4.99 Å². The minimum absolute atomic E-state index is 0.00174. The van der Waals surface area contributed by atoms with Crippen molar-refractivity contribution in [2.75, 3.05) is 27.4 Å². The summed E-state index contributed by atoms with van der Waals surface area (Å²) in [6, 6.07) is 9.45. The standard InChI is InChI=1S/C29H32N2O7S/c1-6-8-13-38-21-12-10-19(16-23(21)36-5)26-25(28(34)37-7-2)17(3)30-29-31(26)27(33)24(39-29)15-18-9-11-20(32)22(14-18)35-4/h9-12,14-16,26,32H,6-8,13H2,1-5H3. The third-order valence-electron chi connectivity index (χ3n) is 6.28. The van der Waals surface area contributed by atoms with Crippen molar-refractivity contribution >= 4 is 23.4 Å². The number of benzene rings is 2. The quantitative estimate of drug-likeness (QED) is 0.302. The molecule has 39 heavy (non-hydrogen) atoms. The van der Waals surface area contributed by atoms with Crippen molar-refractivity contribution in [3.8, 4) is 23.0 Å². The largest absolute Gasteiger partial charge is 0.504 e. The number of aromatic hydroxyl groups is 1. The molecule has 2 heterocycles. The van der Waals surface area contributed by atoms with E-state index in [1.807, 2.05) is 6.07 Å². The highest BCUT2D eigenvalue weighted by Gasteiger charge is 2.34. The first-order chi connectivity index (χ1) is 18.8. The van der Waals surface area contributed by atoms with Crippen molar-refractivity contribution in [3.63, 3.8) is 0 Å². The van der Waals surface area contributed by atoms with E-state index in [4.69, 9.17) is 18.9 Å². The molecule has 206 valence electrons. The minimum Gasteiger partial charge on any atom is -0.504 e. The highest BCUT2D eigenvalue weighted by Crippen LogP contribution is 2.36. The molecule has 1 aliphatic rings. The van der Waals surface area contributed by atoms with Gasteiger partial charge in [-0.2, -0.15) is 0 Å². The Hall–Kier alpha value is -4.05. The van der Waals surface area contributed by atoms with Gasteiger partial charge in [0.1, 0.15) is 0 Å². The Morgan fingerprint density at radius 1 is 1.10 bits per heavy atom. The van der Waals surface area contributed by atoms with E-state index in [1.54, 1.807) is 51.3 Å². The van der Waals surface area contributed by atoms with Gasteiger partial charge in [0, 0.05) is 0 Å². The summed E-state index contributed by atoms with van der Waals surface area (Å²) in [7, 11) is 3.01. The molecular weight excluding hydrogens is 520 g/mol. The van der Waals surface area contributed by atoms with E-state index in [2.05, 4.69) is 11.9 Å². The lowest BCUT2D eigenvalue weighted by Gasteiger charge is -2.25. The van der Waals surface area contributed by atoms with Crippen molar-refractivity contribution in [3.05, 3.63) is 78.5 Å². The van der Waals surface area contributed by atoms with Crippen LogP contribution < -0.4 is 29.1 Å². The molecule has 0 saturated heterocycles. The van der Waals surface area contributed by atoms with Gasteiger partial charge in [-0.3, -0.25) is 9.36 Å². The summed E-state index contributed by atoms with van der Waals surface area (Å²) >= 11 is 1.21. The third kappa shape index (κ3) is 5.70. The summed E-state index contributed by atoms with van der Waals surface area (Å²) in [5.41, 5.74) is 1.77. The number of phenolic OH excluding ortho intramolecular Hbond substituents is 1. The molecule has 1 N–H and O–H groups in total. The van der Waals surface area contributed by atoms with Gasteiger partial charge in [-0.15, -0.1) is 0 Å². The molecule has 10 heteroatoms. The zero-order chi connectivity index (χ0) is 28.1. The molecule has 1 atom stereocenters. The van der Waals surface area contributed by atoms with Gasteiger partial charge in [0.2, 0.25) is 0 Å². The van der Waals surface area contributed by atoms with Gasteiger partial charge in [-0.05, 0) is 61.7 Å². The molecule has 1 unspecified atom stereocenters. The Labute approximate surface area is 230 Å². The highest BCUT2D eigenvalue weighted by molar-refractivity contribution is 7.07. The van der Waals surface area contributed by atoms with E-state index < -0.39 is 12.0 Å². The number of carbonyl (C=O) groups is 1. The topological polar surface area (TPSA) is 109 Å². The molecule has 1 aliphatic heterocycles. The fourth-order valence-corrected chi connectivity index (χ4v) is 5.39. The van der Waals surface area contributed by atoms with E-state index in [0.29, 0.717) is 50.0 Å². The number of allylic oxidation sites excluding steroid dienone is 1. The van der Waals surface area contributed by atoms with E-state index >= 15 is 0 Å². The molecule has 0 spiro atoms. The van der Waals surface area contributed by atoms with Gasteiger partial charge < -0.3 is 24.1 Å². The number of methoxy groups -OCH3 is 2. The summed E-state index contributed by atoms with van der Waals surface area (Å²) in [5.74, 6) is 0.843. The minimum atomic E-state index is -0.782. The van der Waals surface area contributed by atoms with Crippen LogP contribution in [0, 0.1) is 0 Å². The van der Waals surface area contributed by atoms with Gasteiger partial charge in [0.15, 0.2) is 27.8 Å². The Balaban J connectivity index is 1.89. The Morgan fingerprint density at radius 2 is 1.87 bits per heavy atom. The highest BCUT2D eigenvalue weighted by atomic mass is 32.1. The Morgan fingerprint density at radius 3 is 2.56 bits per heavy atom. The molecule has 0 bridgehead atoms. The zero-order valence-electron chi connectivity index (χ0n) is 22.6. The maximum absolute atomic E-state index is 13.8. The number of phenols is 1. The zero-order valence-corrected chi connectivity index (χ0v) is 23.5. The van der Waals surface area contributed by atoms with Crippen LogP contribution in [0.2, 0.25) is 0 Å². The van der Waals surface area contributed by atoms with Crippen LogP contribution in [0.1, 0.15) is 50.8 Å². The first-order valence-electron chi connectivity index (χ1n) is 12.7. The summed E-state index contributed by atoms with van der Waals surface area (Å²) in [4.78, 5) is 32.0. The van der Waals surface area contributed by atoms with Gasteiger partial charge in [0.25, 0.3) is 5.56 Å². The number of esters is 1. The van der Waals surface area contributed by atoms with Crippen molar-refractivity contribution in [1.82, 2.24) is 4.57 Å². The molecular formula is C29H32N2O7S. The van der Waals surface area contributed by atoms with Crippen molar-refractivity contribution < 1.29 is 28.8 Å². The molecule has 0 radical (unpaired) electrons. The van der Waals surface area contributed by atoms with Crippen LogP contribution in [0.25, 0.3) is 6.08 Å². The number of aromatic nitrogens is 1. The van der Waals surface area contributed by atoms with E-state index in [1.165, 1.54) is 29.1 Å².